The van der Waals surface area contributed by atoms with E-state index in [1.165, 1.54) is 19.0 Å². The molecule has 4 nitrogen and oxygen atoms in total. The SMILES string of the molecule is CC1CCCC(NC(=O)c2cnccc2N)C1C. The fraction of sp³-hybridized carbons (Fsp3) is 0.571. The van der Waals surface area contributed by atoms with E-state index in [2.05, 4.69) is 24.1 Å². The third-order valence-electron chi connectivity index (χ3n) is 4.12. The molecule has 1 aromatic heterocycles. The molecular weight excluding hydrogens is 226 g/mol. The van der Waals surface area contributed by atoms with Gasteiger partial charge in [0.1, 0.15) is 0 Å². The average Bonchev–Trinajstić information content (AvgIpc) is 2.35. The predicted octanol–water partition coefficient (Wildman–Crippen LogP) is 2.22. The molecule has 3 atom stereocenters. The highest BCUT2D eigenvalue weighted by atomic mass is 16.1. The van der Waals surface area contributed by atoms with E-state index < -0.39 is 0 Å². The molecule has 1 aromatic rings. The lowest BCUT2D eigenvalue weighted by Crippen LogP contribution is -2.43. The molecule has 0 spiro atoms. The molecule has 3 N–H and O–H groups in total. The summed E-state index contributed by atoms with van der Waals surface area (Å²) < 4.78 is 0. The lowest BCUT2D eigenvalue weighted by atomic mass is 9.78. The minimum Gasteiger partial charge on any atom is -0.398 e. The molecule has 2 rings (SSSR count). The zero-order chi connectivity index (χ0) is 13.1. The number of carbonyl (C=O) groups excluding carboxylic acids is 1. The number of anilines is 1. The first kappa shape index (κ1) is 12.9. The maximum Gasteiger partial charge on any atom is 0.255 e. The smallest absolute Gasteiger partial charge is 0.255 e. The summed E-state index contributed by atoms with van der Waals surface area (Å²) in [7, 11) is 0. The Labute approximate surface area is 108 Å². The van der Waals surface area contributed by atoms with Crippen LogP contribution >= 0.6 is 0 Å². The molecule has 98 valence electrons. The van der Waals surface area contributed by atoms with E-state index in [0.29, 0.717) is 23.1 Å². The molecule has 0 bridgehead atoms. The number of nitrogens with zero attached hydrogens (tertiary/aromatic N) is 1. The van der Waals surface area contributed by atoms with Gasteiger partial charge in [0.15, 0.2) is 0 Å². The number of rotatable bonds is 2. The number of amides is 1. The van der Waals surface area contributed by atoms with Crippen LogP contribution in [0.4, 0.5) is 5.69 Å². The summed E-state index contributed by atoms with van der Waals surface area (Å²) in [5.41, 5.74) is 6.75. The fourth-order valence-corrected chi connectivity index (χ4v) is 2.63. The van der Waals surface area contributed by atoms with Crippen molar-refractivity contribution < 1.29 is 4.79 Å². The van der Waals surface area contributed by atoms with Crippen LogP contribution in [0.2, 0.25) is 0 Å². The summed E-state index contributed by atoms with van der Waals surface area (Å²) in [5.74, 6) is 1.07. The Morgan fingerprint density at radius 2 is 2.22 bits per heavy atom. The van der Waals surface area contributed by atoms with Crippen molar-refractivity contribution in [3.8, 4) is 0 Å². The molecule has 0 saturated heterocycles. The Morgan fingerprint density at radius 1 is 1.44 bits per heavy atom. The van der Waals surface area contributed by atoms with E-state index in [-0.39, 0.29) is 11.9 Å². The number of pyridine rings is 1. The summed E-state index contributed by atoms with van der Waals surface area (Å²) in [4.78, 5) is 16.1. The van der Waals surface area contributed by atoms with Gasteiger partial charge in [-0.3, -0.25) is 9.78 Å². The molecule has 3 unspecified atom stereocenters. The average molecular weight is 247 g/mol. The van der Waals surface area contributed by atoms with Gasteiger partial charge in [-0.25, -0.2) is 0 Å². The van der Waals surface area contributed by atoms with Gasteiger partial charge in [-0.2, -0.15) is 0 Å². The molecule has 4 heteroatoms. The summed E-state index contributed by atoms with van der Waals surface area (Å²) in [6.07, 6.45) is 6.61. The molecule has 1 heterocycles. The van der Waals surface area contributed by atoms with Crippen molar-refractivity contribution in [3.63, 3.8) is 0 Å². The largest absolute Gasteiger partial charge is 0.398 e. The first-order valence-corrected chi connectivity index (χ1v) is 6.60. The number of hydrogen-bond donors (Lipinski definition) is 2. The summed E-state index contributed by atoms with van der Waals surface area (Å²) in [6.45, 7) is 4.46. The maximum absolute atomic E-state index is 12.2. The van der Waals surface area contributed by atoms with Gasteiger partial charge >= 0.3 is 0 Å². The van der Waals surface area contributed by atoms with Crippen molar-refractivity contribution in [1.29, 1.82) is 0 Å². The molecule has 1 saturated carbocycles. The van der Waals surface area contributed by atoms with Gasteiger partial charge in [-0.15, -0.1) is 0 Å². The number of hydrogen-bond acceptors (Lipinski definition) is 3. The molecule has 0 radical (unpaired) electrons. The Bertz CT molecular complexity index is 433. The Morgan fingerprint density at radius 3 is 2.94 bits per heavy atom. The second-order valence-electron chi connectivity index (χ2n) is 5.31. The monoisotopic (exact) mass is 247 g/mol. The van der Waals surface area contributed by atoms with E-state index >= 15 is 0 Å². The van der Waals surface area contributed by atoms with Crippen LogP contribution in [0.5, 0.6) is 0 Å². The molecular formula is C14H21N3O. The minimum atomic E-state index is -0.105. The van der Waals surface area contributed by atoms with Gasteiger partial charge in [-0.1, -0.05) is 26.7 Å². The summed E-state index contributed by atoms with van der Waals surface area (Å²) in [5, 5.41) is 3.10. The van der Waals surface area contributed by atoms with Crippen molar-refractivity contribution >= 4 is 11.6 Å². The Hall–Kier alpha value is -1.58. The number of nitrogens with two attached hydrogens (primary N) is 1. The van der Waals surface area contributed by atoms with Crippen LogP contribution < -0.4 is 11.1 Å². The first-order chi connectivity index (χ1) is 8.59. The third-order valence-corrected chi connectivity index (χ3v) is 4.12. The molecule has 0 aromatic carbocycles. The van der Waals surface area contributed by atoms with E-state index in [1.807, 2.05) is 0 Å². The molecule has 1 aliphatic rings. The van der Waals surface area contributed by atoms with Crippen LogP contribution in [0.1, 0.15) is 43.5 Å². The molecule has 1 fully saturated rings. The highest BCUT2D eigenvalue weighted by Gasteiger charge is 2.28. The van der Waals surface area contributed by atoms with Crippen LogP contribution in [0.25, 0.3) is 0 Å². The van der Waals surface area contributed by atoms with Gasteiger partial charge in [0.25, 0.3) is 5.91 Å². The lowest BCUT2D eigenvalue weighted by Gasteiger charge is -2.34. The topological polar surface area (TPSA) is 68.0 Å². The molecule has 1 amide bonds. The van der Waals surface area contributed by atoms with Crippen molar-refractivity contribution in [2.75, 3.05) is 5.73 Å². The highest BCUT2D eigenvalue weighted by Crippen LogP contribution is 2.29. The summed E-state index contributed by atoms with van der Waals surface area (Å²) in [6, 6.07) is 1.91. The van der Waals surface area contributed by atoms with E-state index in [9.17, 15) is 4.79 Å². The number of nitrogen functional groups attached to an aromatic ring is 1. The molecule has 0 aliphatic heterocycles. The van der Waals surface area contributed by atoms with E-state index in [1.54, 1.807) is 12.3 Å². The van der Waals surface area contributed by atoms with Gasteiger partial charge in [0.05, 0.1) is 5.56 Å². The van der Waals surface area contributed by atoms with Crippen molar-refractivity contribution in [2.45, 2.75) is 39.2 Å². The number of nitrogens with one attached hydrogen (secondary N) is 1. The zero-order valence-electron chi connectivity index (χ0n) is 11.0. The first-order valence-electron chi connectivity index (χ1n) is 6.60. The van der Waals surface area contributed by atoms with E-state index in [4.69, 9.17) is 5.73 Å². The quantitative estimate of drug-likeness (QED) is 0.842. The fourth-order valence-electron chi connectivity index (χ4n) is 2.63. The molecule has 1 aliphatic carbocycles. The van der Waals surface area contributed by atoms with Crippen LogP contribution in [0.3, 0.4) is 0 Å². The third kappa shape index (κ3) is 2.63. The lowest BCUT2D eigenvalue weighted by molar-refractivity contribution is 0.0891. The standard InChI is InChI=1S/C14H21N3O/c1-9-4-3-5-13(10(9)2)17-14(18)11-8-16-7-6-12(11)15/h6-10,13H,3-5H2,1-2H3,(H2,15,16)(H,17,18). The Balaban J connectivity index is 2.05. The summed E-state index contributed by atoms with van der Waals surface area (Å²) >= 11 is 0. The van der Waals surface area contributed by atoms with Crippen LogP contribution in [-0.4, -0.2) is 16.9 Å². The highest BCUT2D eigenvalue weighted by molar-refractivity contribution is 5.98. The predicted molar refractivity (Wildman–Crippen MR) is 72.1 cm³/mol. The van der Waals surface area contributed by atoms with Gasteiger partial charge in [0.2, 0.25) is 0 Å². The molecule has 18 heavy (non-hydrogen) atoms. The second kappa shape index (κ2) is 5.38. The zero-order valence-corrected chi connectivity index (χ0v) is 11.0. The minimum absolute atomic E-state index is 0.105. The maximum atomic E-state index is 12.2. The van der Waals surface area contributed by atoms with Gasteiger partial charge in [0, 0.05) is 24.1 Å². The number of carbonyl (C=O) groups is 1. The normalized spacial score (nSPS) is 27.8. The number of aromatic nitrogens is 1. The van der Waals surface area contributed by atoms with Crippen molar-refractivity contribution in [3.05, 3.63) is 24.0 Å². The van der Waals surface area contributed by atoms with Gasteiger partial charge < -0.3 is 11.1 Å². The Kier molecular flexibility index (Phi) is 3.84. The van der Waals surface area contributed by atoms with Crippen LogP contribution in [-0.2, 0) is 0 Å². The second-order valence-corrected chi connectivity index (χ2v) is 5.31. The van der Waals surface area contributed by atoms with Crippen LogP contribution in [0, 0.1) is 11.8 Å². The van der Waals surface area contributed by atoms with Gasteiger partial charge in [-0.05, 0) is 24.3 Å². The van der Waals surface area contributed by atoms with Crippen molar-refractivity contribution in [1.82, 2.24) is 10.3 Å². The van der Waals surface area contributed by atoms with E-state index in [0.717, 1.165) is 6.42 Å². The van der Waals surface area contributed by atoms with Crippen molar-refractivity contribution in [2.24, 2.45) is 11.8 Å². The van der Waals surface area contributed by atoms with Crippen LogP contribution in [0.15, 0.2) is 18.5 Å².